The van der Waals surface area contributed by atoms with E-state index in [-0.39, 0.29) is 17.9 Å². The van der Waals surface area contributed by atoms with Gasteiger partial charge < -0.3 is 5.73 Å². The van der Waals surface area contributed by atoms with Crippen LogP contribution in [0.15, 0.2) is 24.3 Å². The molecular weight excluding hydrogens is 227 g/mol. The van der Waals surface area contributed by atoms with Gasteiger partial charge in [0.25, 0.3) is 0 Å². The second kappa shape index (κ2) is 6.86. The second-order valence-corrected chi connectivity index (χ2v) is 5.12. The molecule has 0 bridgehead atoms. The van der Waals surface area contributed by atoms with Crippen LogP contribution in [-0.4, -0.2) is 24.0 Å². The van der Waals surface area contributed by atoms with Gasteiger partial charge in [-0.1, -0.05) is 25.5 Å². The molecule has 0 aliphatic carbocycles. The van der Waals surface area contributed by atoms with Gasteiger partial charge in [0.05, 0.1) is 0 Å². The quantitative estimate of drug-likeness (QED) is 0.841. The van der Waals surface area contributed by atoms with Gasteiger partial charge in [0.1, 0.15) is 5.82 Å². The predicted molar refractivity (Wildman–Crippen MR) is 74.9 cm³/mol. The molecule has 0 spiro atoms. The molecule has 102 valence electrons. The Labute approximate surface area is 110 Å². The summed E-state index contributed by atoms with van der Waals surface area (Å²) in [6, 6.07) is 7.14. The first-order chi connectivity index (χ1) is 8.47. The molecule has 0 aliphatic heterocycles. The number of hydrogen-bond donors (Lipinski definition) is 1. The van der Waals surface area contributed by atoms with E-state index in [1.54, 1.807) is 12.1 Å². The third-order valence-electron chi connectivity index (χ3n) is 3.82. The third-order valence-corrected chi connectivity index (χ3v) is 3.82. The summed E-state index contributed by atoms with van der Waals surface area (Å²) in [5.41, 5.74) is 7.24. The van der Waals surface area contributed by atoms with E-state index in [1.807, 2.05) is 0 Å². The van der Waals surface area contributed by atoms with E-state index in [1.165, 1.54) is 18.6 Å². The first-order valence-corrected chi connectivity index (χ1v) is 6.70. The normalized spacial score (nSPS) is 16.6. The molecule has 18 heavy (non-hydrogen) atoms. The fourth-order valence-electron chi connectivity index (χ4n) is 2.24. The Balaban J connectivity index is 2.70. The zero-order valence-electron chi connectivity index (χ0n) is 11.9. The Hall–Kier alpha value is -0.930. The fourth-order valence-corrected chi connectivity index (χ4v) is 2.24. The molecule has 2 nitrogen and oxygen atoms in total. The lowest BCUT2D eigenvalue weighted by molar-refractivity contribution is 0.164. The molecule has 1 aromatic carbocycles. The lowest BCUT2D eigenvalue weighted by atomic mass is 9.99. The smallest absolute Gasteiger partial charge is 0.123 e. The highest BCUT2D eigenvalue weighted by molar-refractivity contribution is 5.20. The van der Waals surface area contributed by atoms with Crippen LogP contribution in [0.1, 0.15) is 45.2 Å². The van der Waals surface area contributed by atoms with E-state index in [0.29, 0.717) is 6.04 Å². The predicted octanol–water partition coefficient (Wildman–Crippen LogP) is 3.33. The average molecular weight is 252 g/mol. The van der Waals surface area contributed by atoms with E-state index < -0.39 is 0 Å². The van der Waals surface area contributed by atoms with Crippen LogP contribution in [0.3, 0.4) is 0 Å². The molecule has 3 unspecified atom stereocenters. The maximum absolute atomic E-state index is 12.9. The van der Waals surface area contributed by atoms with Gasteiger partial charge in [0, 0.05) is 18.1 Å². The van der Waals surface area contributed by atoms with Gasteiger partial charge in [-0.25, -0.2) is 4.39 Å². The molecule has 0 aromatic heterocycles. The largest absolute Gasteiger partial charge is 0.323 e. The van der Waals surface area contributed by atoms with E-state index in [9.17, 15) is 4.39 Å². The third kappa shape index (κ3) is 3.79. The molecule has 0 radical (unpaired) electrons. The molecule has 1 aromatic rings. The standard InChI is InChI=1S/C15H25FN2/c1-5-6-11(2)18(4)12(3)15(17)13-7-9-14(16)10-8-13/h7-12,15H,5-6,17H2,1-4H3. The molecule has 0 aliphatic rings. The fraction of sp³-hybridized carbons (Fsp3) is 0.600. The van der Waals surface area contributed by atoms with Crippen molar-refractivity contribution in [3.05, 3.63) is 35.6 Å². The minimum atomic E-state index is -0.216. The zero-order valence-corrected chi connectivity index (χ0v) is 11.9. The van der Waals surface area contributed by atoms with Crippen LogP contribution in [0.25, 0.3) is 0 Å². The van der Waals surface area contributed by atoms with Crippen molar-refractivity contribution in [2.24, 2.45) is 5.73 Å². The molecule has 0 fully saturated rings. The summed E-state index contributed by atoms with van der Waals surface area (Å²) in [6.07, 6.45) is 2.33. The summed E-state index contributed by atoms with van der Waals surface area (Å²) in [4.78, 5) is 2.30. The van der Waals surface area contributed by atoms with Gasteiger partial charge in [-0.3, -0.25) is 4.90 Å². The lowest BCUT2D eigenvalue weighted by Gasteiger charge is -2.34. The Morgan fingerprint density at radius 3 is 2.28 bits per heavy atom. The van der Waals surface area contributed by atoms with Crippen molar-refractivity contribution in [3.8, 4) is 0 Å². The highest BCUT2D eigenvalue weighted by Gasteiger charge is 2.22. The number of hydrogen-bond acceptors (Lipinski definition) is 2. The van der Waals surface area contributed by atoms with Gasteiger partial charge in [-0.05, 0) is 45.0 Å². The van der Waals surface area contributed by atoms with Crippen LogP contribution >= 0.6 is 0 Å². The lowest BCUT2D eigenvalue weighted by Crippen LogP contribution is -2.43. The minimum absolute atomic E-state index is 0.0880. The molecule has 1 rings (SSSR count). The first kappa shape index (κ1) is 15.1. The Morgan fingerprint density at radius 1 is 1.22 bits per heavy atom. The summed E-state index contributed by atoms with van der Waals surface area (Å²) in [6.45, 7) is 6.53. The summed E-state index contributed by atoms with van der Waals surface area (Å²) in [5, 5.41) is 0. The zero-order chi connectivity index (χ0) is 13.7. The number of rotatable bonds is 6. The van der Waals surface area contributed by atoms with Crippen molar-refractivity contribution in [3.63, 3.8) is 0 Å². The van der Waals surface area contributed by atoms with Crippen LogP contribution in [0.4, 0.5) is 4.39 Å². The summed E-state index contributed by atoms with van der Waals surface area (Å²) < 4.78 is 12.9. The van der Waals surface area contributed by atoms with Crippen molar-refractivity contribution < 1.29 is 4.39 Å². The van der Waals surface area contributed by atoms with Crippen LogP contribution < -0.4 is 5.73 Å². The van der Waals surface area contributed by atoms with Gasteiger partial charge >= 0.3 is 0 Å². The summed E-state index contributed by atoms with van der Waals surface area (Å²) in [7, 11) is 2.11. The van der Waals surface area contributed by atoms with Crippen molar-refractivity contribution >= 4 is 0 Å². The van der Waals surface area contributed by atoms with Crippen molar-refractivity contribution in [1.82, 2.24) is 4.90 Å². The van der Waals surface area contributed by atoms with Crippen molar-refractivity contribution in [2.45, 2.75) is 51.7 Å². The van der Waals surface area contributed by atoms with Gasteiger partial charge in [0.2, 0.25) is 0 Å². The first-order valence-electron chi connectivity index (χ1n) is 6.70. The van der Waals surface area contributed by atoms with Crippen LogP contribution in [0, 0.1) is 5.82 Å². The molecule has 2 N–H and O–H groups in total. The SMILES string of the molecule is CCCC(C)N(C)C(C)C(N)c1ccc(F)cc1. The number of likely N-dealkylation sites (N-methyl/N-ethyl adjacent to an activating group) is 1. The number of nitrogens with zero attached hydrogens (tertiary/aromatic N) is 1. The van der Waals surface area contributed by atoms with Crippen molar-refractivity contribution in [2.75, 3.05) is 7.05 Å². The monoisotopic (exact) mass is 252 g/mol. The molecule has 0 saturated carbocycles. The second-order valence-electron chi connectivity index (χ2n) is 5.12. The highest BCUT2D eigenvalue weighted by atomic mass is 19.1. The molecular formula is C15H25FN2. The van der Waals surface area contributed by atoms with Crippen LogP contribution in [-0.2, 0) is 0 Å². The van der Waals surface area contributed by atoms with E-state index in [2.05, 4.69) is 32.7 Å². The highest BCUT2D eigenvalue weighted by Crippen LogP contribution is 2.20. The van der Waals surface area contributed by atoms with E-state index in [4.69, 9.17) is 5.73 Å². The molecule has 3 heteroatoms. The summed E-state index contributed by atoms with van der Waals surface area (Å²) >= 11 is 0. The Morgan fingerprint density at radius 2 is 1.78 bits per heavy atom. The number of halogens is 1. The Bertz CT molecular complexity index is 350. The average Bonchev–Trinajstić information content (AvgIpc) is 2.37. The summed E-state index contributed by atoms with van der Waals surface area (Å²) in [5.74, 6) is -0.216. The van der Waals surface area contributed by atoms with E-state index in [0.717, 1.165) is 12.0 Å². The molecule has 0 saturated heterocycles. The van der Waals surface area contributed by atoms with Gasteiger partial charge in [0.15, 0.2) is 0 Å². The maximum atomic E-state index is 12.9. The van der Waals surface area contributed by atoms with E-state index >= 15 is 0 Å². The topological polar surface area (TPSA) is 29.3 Å². The number of nitrogens with two attached hydrogens (primary N) is 1. The molecule has 0 heterocycles. The minimum Gasteiger partial charge on any atom is -0.323 e. The van der Waals surface area contributed by atoms with Crippen molar-refractivity contribution in [1.29, 1.82) is 0 Å². The molecule has 3 atom stereocenters. The Kier molecular flexibility index (Phi) is 5.76. The van der Waals surface area contributed by atoms with Gasteiger partial charge in [-0.15, -0.1) is 0 Å². The van der Waals surface area contributed by atoms with Gasteiger partial charge in [-0.2, -0.15) is 0 Å². The molecule has 0 amide bonds. The maximum Gasteiger partial charge on any atom is 0.123 e. The van der Waals surface area contributed by atoms with Crippen LogP contribution in [0.5, 0.6) is 0 Å². The van der Waals surface area contributed by atoms with Crippen LogP contribution in [0.2, 0.25) is 0 Å². The number of benzene rings is 1.